The third-order valence-corrected chi connectivity index (χ3v) is 5.01. The van der Waals surface area contributed by atoms with Crippen molar-refractivity contribution in [2.45, 2.75) is 0 Å². The number of carbonyl (C=O) groups is 1. The molecule has 1 fully saturated rings. The molecule has 0 bridgehead atoms. The van der Waals surface area contributed by atoms with Crippen molar-refractivity contribution in [1.82, 2.24) is 10.4 Å². The van der Waals surface area contributed by atoms with Crippen molar-refractivity contribution in [2.75, 3.05) is 32.0 Å². The fraction of sp³-hybridized carbons (Fsp3) is 0.308. The second-order valence-electron chi connectivity index (χ2n) is 4.50. The summed E-state index contributed by atoms with van der Waals surface area (Å²) < 4.78 is 7.17. The van der Waals surface area contributed by atoms with Gasteiger partial charge in [0, 0.05) is 27.6 Å². The summed E-state index contributed by atoms with van der Waals surface area (Å²) in [5, 5.41) is 2.77. The first-order valence-corrected chi connectivity index (χ1v) is 7.88. The van der Waals surface area contributed by atoms with Crippen molar-refractivity contribution in [1.29, 1.82) is 0 Å². The van der Waals surface area contributed by atoms with Gasteiger partial charge in [-0.2, -0.15) is 0 Å². The molecule has 0 atom stereocenters. The molecule has 0 saturated carbocycles. The number of nitrogens with zero attached hydrogens (tertiary/aromatic N) is 1. The van der Waals surface area contributed by atoms with Gasteiger partial charge in [-0.05, 0) is 12.1 Å². The van der Waals surface area contributed by atoms with E-state index in [1.165, 1.54) is 11.3 Å². The van der Waals surface area contributed by atoms with Gasteiger partial charge in [0.2, 0.25) is 0 Å². The molecule has 0 radical (unpaired) electrons. The second-order valence-corrected chi connectivity index (χ2v) is 6.40. The number of ether oxygens (including phenoxy) is 1. The molecule has 5 nitrogen and oxygen atoms in total. The molecule has 1 aromatic heterocycles. The van der Waals surface area contributed by atoms with Gasteiger partial charge < -0.3 is 10.5 Å². The van der Waals surface area contributed by atoms with E-state index in [0.29, 0.717) is 36.9 Å². The minimum atomic E-state index is -0.155. The number of hydrazine groups is 1. The highest BCUT2D eigenvalue weighted by Crippen LogP contribution is 2.38. The van der Waals surface area contributed by atoms with Gasteiger partial charge in [0.15, 0.2) is 0 Å². The quantitative estimate of drug-likeness (QED) is 0.866. The van der Waals surface area contributed by atoms with Gasteiger partial charge in [-0.15, -0.1) is 11.3 Å². The Kier molecular flexibility index (Phi) is 3.93. The van der Waals surface area contributed by atoms with Crippen LogP contribution in [0.15, 0.2) is 22.7 Å². The average molecular weight is 356 g/mol. The van der Waals surface area contributed by atoms with E-state index in [9.17, 15) is 4.79 Å². The maximum atomic E-state index is 12.3. The molecular formula is C13H14BrN3O2S. The maximum absolute atomic E-state index is 12.3. The molecule has 1 aromatic carbocycles. The van der Waals surface area contributed by atoms with E-state index >= 15 is 0 Å². The van der Waals surface area contributed by atoms with E-state index in [0.717, 1.165) is 14.6 Å². The van der Waals surface area contributed by atoms with Crippen molar-refractivity contribution in [3.8, 4) is 0 Å². The number of fused-ring (bicyclic) bond motifs is 1. The summed E-state index contributed by atoms with van der Waals surface area (Å²) in [5.74, 6) is -0.155. The second kappa shape index (κ2) is 5.69. The lowest BCUT2D eigenvalue weighted by Crippen LogP contribution is -2.48. The summed E-state index contributed by atoms with van der Waals surface area (Å²) in [5.41, 5.74) is 9.54. The highest BCUT2D eigenvalue weighted by molar-refractivity contribution is 9.10. The summed E-state index contributed by atoms with van der Waals surface area (Å²) in [7, 11) is 0. The van der Waals surface area contributed by atoms with Crippen LogP contribution in [-0.4, -0.2) is 37.2 Å². The summed E-state index contributed by atoms with van der Waals surface area (Å²) >= 11 is 4.89. The van der Waals surface area contributed by atoms with Gasteiger partial charge in [0.1, 0.15) is 4.88 Å². The number of morpholine rings is 1. The highest BCUT2D eigenvalue weighted by atomic mass is 79.9. The average Bonchev–Trinajstić information content (AvgIpc) is 2.79. The first kappa shape index (κ1) is 13.8. The maximum Gasteiger partial charge on any atom is 0.277 e. The van der Waals surface area contributed by atoms with E-state index in [-0.39, 0.29) is 5.91 Å². The normalized spacial score (nSPS) is 16.4. The first-order valence-electron chi connectivity index (χ1n) is 6.27. The predicted octanol–water partition coefficient (Wildman–Crippen LogP) is 2.22. The smallest absolute Gasteiger partial charge is 0.277 e. The third kappa shape index (κ3) is 2.54. The number of thiophene rings is 1. The molecule has 7 heteroatoms. The lowest BCUT2D eigenvalue weighted by atomic mass is 10.2. The lowest BCUT2D eigenvalue weighted by Gasteiger charge is -2.26. The SMILES string of the molecule is Nc1c(C(=O)NN2CCOCC2)sc2cccc(Br)c12. The topological polar surface area (TPSA) is 67.6 Å². The van der Waals surface area contributed by atoms with Crippen molar-refractivity contribution in [3.63, 3.8) is 0 Å². The number of nitrogen functional groups attached to an aromatic ring is 1. The van der Waals surface area contributed by atoms with Gasteiger partial charge in [-0.1, -0.05) is 22.0 Å². The van der Waals surface area contributed by atoms with Crippen LogP contribution in [0.4, 0.5) is 5.69 Å². The van der Waals surface area contributed by atoms with Crippen molar-refractivity contribution in [3.05, 3.63) is 27.5 Å². The number of amides is 1. The van der Waals surface area contributed by atoms with E-state index in [2.05, 4.69) is 21.4 Å². The number of hydrogen-bond acceptors (Lipinski definition) is 5. The molecule has 1 aliphatic heterocycles. The van der Waals surface area contributed by atoms with Gasteiger partial charge >= 0.3 is 0 Å². The lowest BCUT2D eigenvalue weighted by molar-refractivity contribution is 0.0128. The Morgan fingerprint density at radius 3 is 2.85 bits per heavy atom. The molecule has 3 rings (SSSR count). The molecule has 0 aliphatic carbocycles. The van der Waals surface area contributed by atoms with Crippen LogP contribution >= 0.6 is 27.3 Å². The van der Waals surface area contributed by atoms with Crippen LogP contribution in [0.1, 0.15) is 9.67 Å². The van der Waals surface area contributed by atoms with Gasteiger partial charge in [-0.3, -0.25) is 10.2 Å². The van der Waals surface area contributed by atoms with Crippen molar-refractivity contribution < 1.29 is 9.53 Å². The number of nitrogens with two attached hydrogens (primary N) is 1. The number of rotatable bonds is 2. The largest absolute Gasteiger partial charge is 0.397 e. The van der Waals surface area contributed by atoms with Crippen molar-refractivity contribution >= 4 is 48.9 Å². The summed E-state index contributed by atoms with van der Waals surface area (Å²) in [4.78, 5) is 12.9. The Morgan fingerprint density at radius 1 is 1.40 bits per heavy atom. The Hall–Kier alpha value is -1.15. The molecule has 20 heavy (non-hydrogen) atoms. The molecule has 1 amide bonds. The predicted molar refractivity (Wildman–Crippen MR) is 83.8 cm³/mol. The Bertz CT molecular complexity index is 652. The highest BCUT2D eigenvalue weighted by Gasteiger charge is 2.20. The minimum absolute atomic E-state index is 0.155. The van der Waals surface area contributed by atoms with E-state index < -0.39 is 0 Å². The molecule has 0 spiro atoms. The number of carbonyl (C=O) groups excluding carboxylic acids is 1. The molecule has 2 heterocycles. The van der Waals surface area contributed by atoms with Gasteiger partial charge in [-0.25, -0.2) is 5.01 Å². The number of benzene rings is 1. The fourth-order valence-corrected chi connectivity index (χ4v) is 3.92. The molecule has 0 unspecified atom stereocenters. The summed E-state index contributed by atoms with van der Waals surface area (Å²) in [6.45, 7) is 2.65. The fourth-order valence-electron chi connectivity index (χ4n) is 2.17. The zero-order chi connectivity index (χ0) is 14.1. The van der Waals surface area contributed by atoms with E-state index in [1.807, 2.05) is 23.2 Å². The number of hydrogen-bond donors (Lipinski definition) is 2. The Morgan fingerprint density at radius 2 is 2.15 bits per heavy atom. The van der Waals surface area contributed by atoms with Crippen molar-refractivity contribution in [2.24, 2.45) is 0 Å². The molecule has 1 saturated heterocycles. The number of nitrogens with one attached hydrogen (secondary N) is 1. The van der Waals surface area contributed by atoms with Crippen LogP contribution in [0.25, 0.3) is 10.1 Å². The standard InChI is InChI=1S/C13H14BrN3O2S/c14-8-2-1-3-9-10(8)11(15)12(20-9)13(18)16-17-4-6-19-7-5-17/h1-3H,4-7,15H2,(H,16,18). The van der Waals surface area contributed by atoms with E-state index in [1.54, 1.807) is 0 Å². The monoisotopic (exact) mass is 355 g/mol. The molecule has 1 aliphatic rings. The molecular weight excluding hydrogens is 342 g/mol. The van der Waals surface area contributed by atoms with Crippen LogP contribution in [-0.2, 0) is 4.74 Å². The van der Waals surface area contributed by atoms with Crippen LogP contribution in [0.3, 0.4) is 0 Å². The van der Waals surface area contributed by atoms with Gasteiger partial charge in [0.25, 0.3) is 5.91 Å². The van der Waals surface area contributed by atoms with Crippen LogP contribution < -0.4 is 11.2 Å². The zero-order valence-corrected chi connectivity index (χ0v) is 13.1. The van der Waals surface area contributed by atoms with E-state index in [4.69, 9.17) is 10.5 Å². The Labute approximate surface area is 128 Å². The molecule has 106 valence electrons. The zero-order valence-electron chi connectivity index (χ0n) is 10.7. The minimum Gasteiger partial charge on any atom is -0.397 e. The first-order chi connectivity index (χ1) is 9.66. The molecule has 2 aromatic rings. The number of halogens is 1. The number of anilines is 1. The van der Waals surface area contributed by atoms with Crippen LogP contribution in [0.5, 0.6) is 0 Å². The molecule has 3 N–H and O–H groups in total. The summed E-state index contributed by atoms with van der Waals surface area (Å²) in [6.07, 6.45) is 0. The van der Waals surface area contributed by atoms with Gasteiger partial charge in [0.05, 0.1) is 18.9 Å². The van der Waals surface area contributed by atoms with Crippen LogP contribution in [0, 0.1) is 0 Å². The summed E-state index contributed by atoms with van der Waals surface area (Å²) in [6, 6.07) is 5.83. The Balaban J connectivity index is 1.87. The van der Waals surface area contributed by atoms with Crippen LogP contribution in [0.2, 0.25) is 0 Å². The third-order valence-electron chi connectivity index (χ3n) is 3.18.